The van der Waals surface area contributed by atoms with E-state index in [1.54, 1.807) is 0 Å². The highest BCUT2D eigenvalue weighted by molar-refractivity contribution is 5.71. The van der Waals surface area contributed by atoms with Crippen LogP contribution in [0.5, 0.6) is 0 Å². The van der Waals surface area contributed by atoms with E-state index in [0.29, 0.717) is 19.3 Å². The molecule has 0 heterocycles. The Morgan fingerprint density at radius 1 is 0.338 bits per heavy atom. The topological polar surface area (TPSA) is 78.9 Å². The zero-order valence-electron chi connectivity index (χ0n) is 42.0. The van der Waals surface area contributed by atoms with Crippen molar-refractivity contribution in [3.05, 3.63) is 109 Å². The molecule has 1 atom stereocenters. The van der Waals surface area contributed by atoms with Crippen molar-refractivity contribution in [3.63, 3.8) is 0 Å². The summed E-state index contributed by atoms with van der Waals surface area (Å²) in [5.74, 6) is -1.02. The predicted octanol–water partition coefficient (Wildman–Crippen LogP) is 17.5. The fourth-order valence-corrected chi connectivity index (χ4v) is 6.78. The van der Waals surface area contributed by atoms with Crippen molar-refractivity contribution in [2.75, 3.05) is 13.2 Å². The SMILES string of the molecule is CC/C=C\C/C=C\C/C=C\C/C=C\CCCCCCCCC(=O)OCC(COC(=O)CCCCC/C=C\C=C/CCCC)OC(=O)CCC/C=C\C/C=C\C/C=C\CCCCCCCC. The molecule has 0 fully saturated rings. The molecule has 0 saturated heterocycles. The summed E-state index contributed by atoms with van der Waals surface area (Å²) < 4.78 is 16.7. The molecule has 0 N–H and O–H groups in total. The molecule has 0 amide bonds. The maximum absolute atomic E-state index is 12.8. The Bertz CT molecular complexity index is 1360. The first kappa shape index (κ1) is 61.1. The molecular weight excluding hydrogens is 805 g/mol. The summed E-state index contributed by atoms with van der Waals surface area (Å²) in [5.41, 5.74) is 0. The van der Waals surface area contributed by atoms with Gasteiger partial charge in [0.15, 0.2) is 6.10 Å². The summed E-state index contributed by atoms with van der Waals surface area (Å²) in [7, 11) is 0. The third kappa shape index (κ3) is 50.9. The van der Waals surface area contributed by atoms with E-state index < -0.39 is 6.10 Å². The van der Waals surface area contributed by atoms with E-state index >= 15 is 0 Å². The zero-order chi connectivity index (χ0) is 47.2. The highest BCUT2D eigenvalue weighted by Crippen LogP contribution is 2.12. The Morgan fingerprint density at radius 3 is 1.14 bits per heavy atom. The van der Waals surface area contributed by atoms with Crippen LogP contribution in [0.2, 0.25) is 0 Å². The lowest BCUT2D eigenvalue weighted by Crippen LogP contribution is -2.30. The third-order valence-electron chi connectivity index (χ3n) is 10.8. The monoisotopic (exact) mass is 901 g/mol. The summed E-state index contributed by atoms with van der Waals surface area (Å²) in [5, 5.41) is 0. The molecular formula is C59H96O6. The number of carbonyl (C=O) groups is 3. The minimum absolute atomic E-state index is 0.116. The molecule has 0 aromatic heterocycles. The standard InChI is InChI=1S/C59H96O6/c1-4-7-10-13-16-19-22-24-26-28-29-31-32-34-37-40-43-46-49-52-58(61)64-55-56(54-63-57(60)51-48-45-42-39-36-21-18-15-12-9-6-3)65-59(62)53-50-47-44-41-38-35-33-30-27-25-23-20-17-14-11-8-5-2/h7,10,15-16,18-19,21,24-27,29,31,33,35-36,41,44,56H,4-6,8-9,11-14,17,20,22-23,28,30,32,34,37-40,42-43,45-55H2,1-3H3/b10-7-,18-15-,19-16-,26-24-,27-25-,31-29-,35-33-,36-21-,44-41-. The van der Waals surface area contributed by atoms with Crippen LogP contribution in [0.1, 0.15) is 226 Å². The highest BCUT2D eigenvalue weighted by Gasteiger charge is 2.19. The highest BCUT2D eigenvalue weighted by atomic mass is 16.6. The van der Waals surface area contributed by atoms with Gasteiger partial charge in [-0.2, -0.15) is 0 Å². The smallest absolute Gasteiger partial charge is 0.306 e. The maximum Gasteiger partial charge on any atom is 0.306 e. The number of ether oxygens (including phenoxy) is 3. The number of hydrogen-bond donors (Lipinski definition) is 0. The van der Waals surface area contributed by atoms with Gasteiger partial charge in [0, 0.05) is 19.3 Å². The summed E-state index contributed by atoms with van der Waals surface area (Å²) in [6, 6.07) is 0. The number of unbranched alkanes of at least 4 members (excludes halogenated alkanes) is 18. The minimum atomic E-state index is -0.823. The summed E-state index contributed by atoms with van der Waals surface area (Å²) in [6.45, 7) is 6.37. The molecule has 6 heteroatoms. The largest absolute Gasteiger partial charge is 0.462 e. The normalized spacial score (nSPS) is 13.0. The molecule has 0 aliphatic heterocycles. The second-order valence-corrected chi connectivity index (χ2v) is 17.1. The lowest BCUT2D eigenvalue weighted by atomic mass is 10.1. The average molecular weight is 901 g/mol. The van der Waals surface area contributed by atoms with Crippen LogP contribution >= 0.6 is 0 Å². The Balaban J connectivity index is 4.50. The lowest BCUT2D eigenvalue weighted by molar-refractivity contribution is -0.167. The fourth-order valence-electron chi connectivity index (χ4n) is 6.78. The van der Waals surface area contributed by atoms with Crippen LogP contribution in [0, 0.1) is 0 Å². The van der Waals surface area contributed by atoms with Crippen LogP contribution in [0.4, 0.5) is 0 Å². The van der Waals surface area contributed by atoms with Gasteiger partial charge >= 0.3 is 17.9 Å². The van der Waals surface area contributed by atoms with Gasteiger partial charge in [-0.3, -0.25) is 14.4 Å². The minimum Gasteiger partial charge on any atom is -0.462 e. The van der Waals surface area contributed by atoms with Gasteiger partial charge in [0.2, 0.25) is 0 Å². The van der Waals surface area contributed by atoms with Gasteiger partial charge in [-0.05, 0) is 109 Å². The Hall–Kier alpha value is -3.93. The molecule has 0 bridgehead atoms. The van der Waals surface area contributed by atoms with E-state index in [1.807, 2.05) is 0 Å². The van der Waals surface area contributed by atoms with E-state index in [4.69, 9.17) is 14.2 Å². The molecule has 0 aromatic carbocycles. The molecule has 0 rings (SSSR count). The van der Waals surface area contributed by atoms with Crippen LogP contribution in [0.15, 0.2) is 109 Å². The number of hydrogen-bond acceptors (Lipinski definition) is 6. The van der Waals surface area contributed by atoms with Crippen molar-refractivity contribution < 1.29 is 28.6 Å². The second-order valence-electron chi connectivity index (χ2n) is 17.1. The molecule has 0 aromatic rings. The first-order chi connectivity index (χ1) is 32.0. The first-order valence-electron chi connectivity index (χ1n) is 26.4. The van der Waals surface area contributed by atoms with Crippen LogP contribution in [0.3, 0.4) is 0 Å². The number of esters is 3. The van der Waals surface area contributed by atoms with Crippen molar-refractivity contribution in [2.24, 2.45) is 0 Å². The van der Waals surface area contributed by atoms with Crippen molar-refractivity contribution in [1.82, 2.24) is 0 Å². The van der Waals surface area contributed by atoms with Gasteiger partial charge in [0.05, 0.1) is 0 Å². The first-order valence-corrected chi connectivity index (χ1v) is 26.4. The van der Waals surface area contributed by atoms with Crippen molar-refractivity contribution in [2.45, 2.75) is 232 Å². The second kappa shape index (κ2) is 52.7. The Kier molecular flexibility index (Phi) is 49.5. The van der Waals surface area contributed by atoms with Gasteiger partial charge in [-0.1, -0.05) is 207 Å². The zero-order valence-corrected chi connectivity index (χ0v) is 42.0. The molecule has 0 aliphatic rings. The molecule has 0 radical (unpaired) electrons. The third-order valence-corrected chi connectivity index (χ3v) is 10.8. The molecule has 65 heavy (non-hydrogen) atoms. The molecule has 368 valence electrons. The molecule has 6 nitrogen and oxygen atoms in total. The van der Waals surface area contributed by atoms with E-state index in [0.717, 1.165) is 109 Å². The maximum atomic E-state index is 12.8. The van der Waals surface area contributed by atoms with Crippen LogP contribution in [-0.2, 0) is 28.6 Å². The van der Waals surface area contributed by atoms with E-state index in [2.05, 4.69) is 130 Å². The fraction of sp³-hybridized carbons (Fsp3) is 0.644. The van der Waals surface area contributed by atoms with Crippen LogP contribution in [0.25, 0.3) is 0 Å². The lowest BCUT2D eigenvalue weighted by Gasteiger charge is -2.18. The van der Waals surface area contributed by atoms with Crippen molar-refractivity contribution in [1.29, 1.82) is 0 Å². The van der Waals surface area contributed by atoms with Gasteiger partial charge in [0.25, 0.3) is 0 Å². The molecule has 1 unspecified atom stereocenters. The van der Waals surface area contributed by atoms with Crippen molar-refractivity contribution in [3.8, 4) is 0 Å². The van der Waals surface area contributed by atoms with Gasteiger partial charge < -0.3 is 14.2 Å². The average Bonchev–Trinajstić information content (AvgIpc) is 3.30. The summed E-state index contributed by atoms with van der Waals surface area (Å²) in [6.07, 6.45) is 70.8. The Labute approximate surface area is 400 Å². The van der Waals surface area contributed by atoms with Crippen molar-refractivity contribution >= 4 is 17.9 Å². The van der Waals surface area contributed by atoms with Crippen LogP contribution in [-0.4, -0.2) is 37.2 Å². The Morgan fingerprint density at radius 2 is 0.677 bits per heavy atom. The van der Waals surface area contributed by atoms with Gasteiger partial charge in [-0.15, -0.1) is 0 Å². The number of carbonyl (C=O) groups excluding carboxylic acids is 3. The van der Waals surface area contributed by atoms with Crippen LogP contribution < -0.4 is 0 Å². The predicted molar refractivity (Wildman–Crippen MR) is 279 cm³/mol. The number of rotatable bonds is 46. The molecule has 0 saturated carbocycles. The number of allylic oxidation sites excluding steroid dienone is 18. The summed E-state index contributed by atoms with van der Waals surface area (Å²) in [4.78, 5) is 38.0. The van der Waals surface area contributed by atoms with E-state index in [1.165, 1.54) is 70.6 Å². The van der Waals surface area contributed by atoms with E-state index in [9.17, 15) is 14.4 Å². The molecule has 0 aliphatic carbocycles. The summed E-state index contributed by atoms with van der Waals surface area (Å²) >= 11 is 0. The quantitative estimate of drug-likeness (QED) is 0.0199. The molecule has 0 spiro atoms. The van der Waals surface area contributed by atoms with Gasteiger partial charge in [-0.25, -0.2) is 0 Å². The van der Waals surface area contributed by atoms with Gasteiger partial charge in [0.1, 0.15) is 13.2 Å². The van der Waals surface area contributed by atoms with E-state index in [-0.39, 0.29) is 37.5 Å².